The number of imidazole rings is 1. The summed E-state index contributed by atoms with van der Waals surface area (Å²) in [7, 11) is 0. The lowest BCUT2D eigenvalue weighted by molar-refractivity contribution is -0.384. The van der Waals surface area contributed by atoms with Crippen LogP contribution in [0.4, 0.5) is 16.4 Å². The third-order valence-corrected chi connectivity index (χ3v) is 6.76. The lowest BCUT2D eigenvalue weighted by Crippen LogP contribution is -2.39. The Morgan fingerprint density at radius 1 is 1.31 bits per heavy atom. The highest BCUT2D eigenvalue weighted by atomic mass is 32.1. The first kappa shape index (κ1) is 25.6. The molecule has 0 spiro atoms. The molecule has 3 aromatic rings. The lowest BCUT2D eigenvalue weighted by atomic mass is 10.1. The summed E-state index contributed by atoms with van der Waals surface area (Å²) in [5.74, 6) is -0.234. The number of rotatable bonds is 5. The number of thiophene rings is 1. The second kappa shape index (κ2) is 10.2. The zero-order valence-electron chi connectivity index (χ0n) is 20.4. The van der Waals surface area contributed by atoms with Crippen molar-refractivity contribution in [1.29, 1.82) is 0 Å². The predicted molar refractivity (Wildman–Crippen MR) is 135 cm³/mol. The molecular weight excluding hydrogens is 486 g/mol. The van der Waals surface area contributed by atoms with E-state index in [4.69, 9.17) is 4.74 Å². The van der Waals surface area contributed by atoms with E-state index in [0.717, 1.165) is 30.6 Å². The van der Waals surface area contributed by atoms with Gasteiger partial charge < -0.3 is 19.3 Å². The van der Waals surface area contributed by atoms with Crippen LogP contribution >= 0.6 is 11.3 Å². The Morgan fingerprint density at radius 3 is 2.75 bits per heavy atom. The number of fused-ring (bicyclic) bond motifs is 1. The maximum Gasteiger partial charge on any atom is 0.410 e. The average molecular weight is 516 g/mol. The quantitative estimate of drug-likeness (QED) is 0.370. The van der Waals surface area contributed by atoms with E-state index in [9.17, 15) is 24.8 Å². The van der Waals surface area contributed by atoms with Crippen molar-refractivity contribution in [2.24, 2.45) is 0 Å². The number of hydrogen-bond donors (Lipinski definition) is 2. The number of anilines is 1. The summed E-state index contributed by atoms with van der Waals surface area (Å²) in [6.45, 7) is 6.22. The molecule has 11 nitrogen and oxygen atoms in total. The number of hydrogen-bond acceptors (Lipinski definition) is 8. The molecule has 12 heteroatoms. The highest BCUT2D eigenvalue weighted by Gasteiger charge is 2.30. The SMILES string of the molecule is CC(C)(C)OC(=O)N1CCCC[C@@H](n2c(NC(=O)c3cc([N+](=O)[O-])cs3)nc3ccc(CO)cc32)C1. The Kier molecular flexibility index (Phi) is 7.27. The largest absolute Gasteiger partial charge is 0.444 e. The van der Waals surface area contributed by atoms with E-state index in [2.05, 4.69) is 10.3 Å². The lowest BCUT2D eigenvalue weighted by Gasteiger charge is -2.29. The first-order valence-electron chi connectivity index (χ1n) is 11.7. The number of amides is 2. The molecule has 0 saturated carbocycles. The smallest absolute Gasteiger partial charge is 0.410 e. The zero-order chi connectivity index (χ0) is 26.0. The van der Waals surface area contributed by atoms with Gasteiger partial charge in [0.05, 0.1) is 38.9 Å². The standard InChI is InChI=1S/C24H29N5O6S/c1-24(2,3)35-23(32)27-9-5-4-6-16(12-27)28-19-10-15(13-30)7-8-18(19)25-22(28)26-21(31)20-11-17(14-36-20)29(33)34/h7-8,10-11,14,16,30H,4-6,9,12-13H2,1-3H3,(H,25,26,31)/t16-/m1/s1. The molecule has 0 aliphatic carbocycles. The van der Waals surface area contributed by atoms with Gasteiger partial charge in [0.2, 0.25) is 5.95 Å². The van der Waals surface area contributed by atoms with Gasteiger partial charge in [-0.25, -0.2) is 9.78 Å². The molecule has 2 aromatic heterocycles. The topological polar surface area (TPSA) is 140 Å². The first-order chi connectivity index (χ1) is 17.1. The van der Waals surface area contributed by atoms with Crippen molar-refractivity contribution in [3.63, 3.8) is 0 Å². The monoisotopic (exact) mass is 515 g/mol. The van der Waals surface area contributed by atoms with Crippen LogP contribution in [0.25, 0.3) is 11.0 Å². The van der Waals surface area contributed by atoms with Gasteiger partial charge in [-0.15, -0.1) is 11.3 Å². The maximum absolute atomic E-state index is 13.0. The zero-order valence-corrected chi connectivity index (χ0v) is 21.2. The highest BCUT2D eigenvalue weighted by molar-refractivity contribution is 7.12. The molecule has 1 fully saturated rings. The van der Waals surface area contributed by atoms with Crippen LogP contribution in [0.1, 0.15) is 61.3 Å². The van der Waals surface area contributed by atoms with Gasteiger partial charge in [0.1, 0.15) is 5.60 Å². The van der Waals surface area contributed by atoms with E-state index in [-0.39, 0.29) is 29.2 Å². The van der Waals surface area contributed by atoms with Crippen LogP contribution in [0.15, 0.2) is 29.6 Å². The molecule has 0 radical (unpaired) electrons. The van der Waals surface area contributed by atoms with Gasteiger partial charge >= 0.3 is 6.09 Å². The average Bonchev–Trinajstić information content (AvgIpc) is 3.36. The Balaban J connectivity index is 1.71. The fraction of sp³-hybridized carbons (Fsp3) is 0.458. The first-order valence-corrected chi connectivity index (χ1v) is 12.6. The number of likely N-dealkylation sites (tertiary alicyclic amines) is 1. The van der Waals surface area contributed by atoms with E-state index in [1.54, 1.807) is 17.0 Å². The third-order valence-electron chi connectivity index (χ3n) is 5.85. The Bertz CT molecular complexity index is 1290. The molecule has 4 rings (SSSR count). The summed E-state index contributed by atoms with van der Waals surface area (Å²) in [6.07, 6.45) is 2.01. The van der Waals surface area contributed by atoms with Crippen LogP contribution < -0.4 is 5.32 Å². The fourth-order valence-electron chi connectivity index (χ4n) is 4.22. The van der Waals surface area contributed by atoms with E-state index in [0.29, 0.717) is 29.7 Å². The molecule has 1 aliphatic rings. The number of aliphatic hydroxyl groups is 1. The predicted octanol–water partition coefficient (Wildman–Crippen LogP) is 4.71. The molecule has 0 bridgehead atoms. The summed E-state index contributed by atoms with van der Waals surface area (Å²) >= 11 is 0.979. The minimum Gasteiger partial charge on any atom is -0.444 e. The third kappa shape index (κ3) is 5.65. The molecule has 1 saturated heterocycles. The molecule has 1 aromatic carbocycles. The van der Waals surface area contributed by atoms with Crippen molar-refractivity contribution in [2.45, 2.75) is 58.3 Å². The fourth-order valence-corrected chi connectivity index (χ4v) is 4.97. The molecule has 192 valence electrons. The van der Waals surface area contributed by atoms with Gasteiger partial charge in [0.15, 0.2) is 0 Å². The van der Waals surface area contributed by atoms with Crippen LogP contribution in [-0.4, -0.2) is 55.2 Å². The van der Waals surface area contributed by atoms with Gasteiger partial charge in [0, 0.05) is 19.2 Å². The Hall–Kier alpha value is -3.51. The number of nitrogens with one attached hydrogen (secondary N) is 1. The Labute approximate surface area is 211 Å². The highest BCUT2D eigenvalue weighted by Crippen LogP contribution is 2.32. The minimum atomic E-state index is -0.626. The minimum absolute atomic E-state index is 0.150. The van der Waals surface area contributed by atoms with Gasteiger partial charge in [-0.3, -0.25) is 20.2 Å². The molecule has 1 aliphatic heterocycles. The summed E-state index contributed by atoms with van der Waals surface area (Å²) in [6, 6.07) is 6.36. The van der Waals surface area contributed by atoms with Gasteiger partial charge in [-0.2, -0.15) is 0 Å². The van der Waals surface area contributed by atoms with Crippen molar-refractivity contribution in [1.82, 2.24) is 14.5 Å². The molecule has 0 unspecified atom stereocenters. The van der Waals surface area contributed by atoms with Crippen molar-refractivity contribution in [2.75, 3.05) is 18.4 Å². The normalized spacial score (nSPS) is 16.6. The van der Waals surface area contributed by atoms with Crippen LogP contribution in [0.5, 0.6) is 0 Å². The number of aliphatic hydroxyl groups excluding tert-OH is 1. The maximum atomic E-state index is 13.0. The van der Waals surface area contributed by atoms with Crippen LogP contribution in [0.3, 0.4) is 0 Å². The number of nitro groups is 1. The molecule has 3 heterocycles. The van der Waals surface area contributed by atoms with E-state index in [1.165, 1.54) is 11.4 Å². The number of carbonyl (C=O) groups excluding carboxylic acids is 2. The summed E-state index contributed by atoms with van der Waals surface area (Å²) in [5, 5.41) is 24.9. The number of carbonyl (C=O) groups is 2. The second-order valence-corrected chi connectivity index (χ2v) is 10.7. The Morgan fingerprint density at radius 2 is 2.08 bits per heavy atom. The van der Waals surface area contributed by atoms with Crippen molar-refractivity contribution < 1.29 is 24.4 Å². The van der Waals surface area contributed by atoms with Crippen LogP contribution in [0.2, 0.25) is 0 Å². The van der Waals surface area contributed by atoms with Crippen molar-refractivity contribution in [3.8, 4) is 0 Å². The molecular formula is C24H29N5O6S. The van der Waals surface area contributed by atoms with Gasteiger partial charge in [-0.1, -0.05) is 6.07 Å². The van der Waals surface area contributed by atoms with Crippen LogP contribution in [0, 0.1) is 10.1 Å². The number of nitrogens with zero attached hydrogens (tertiary/aromatic N) is 4. The number of ether oxygens (including phenoxy) is 1. The second-order valence-electron chi connectivity index (χ2n) is 9.74. The van der Waals surface area contributed by atoms with Gasteiger partial charge in [-0.05, 0) is 57.7 Å². The molecule has 1 atom stereocenters. The molecule has 2 amide bonds. The van der Waals surface area contributed by atoms with Crippen molar-refractivity contribution in [3.05, 3.63) is 50.2 Å². The van der Waals surface area contributed by atoms with Crippen LogP contribution in [-0.2, 0) is 11.3 Å². The summed E-state index contributed by atoms with van der Waals surface area (Å²) in [4.78, 5) is 42.8. The van der Waals surface area contributed by atoms with E-state index < -0.39 is 22.5 Å². The number of benzene rings is 1. The summed E-state index contributed by atoms with van der Waals surface area (Å²) < 4.78 is 7.49. The van der Waals surface area contributed by atoms with Gasteiger partial charge in [0.25, 0.3) is 11.6 Å². The van der Waals surface area contributed by atoms with Crippen molar-refractivity contribution >= 4 is 46.0 Å². The number of aromatic nitrogens is 2. The molecule has 2 N–H and O–H groups in total. The molecule has 36 heavy (non-hydrogen) atoms. The van der Waals surface area contributed by atoms with E-state index in [1.807, 2.05) is 31.4 Å². The summed E-state index contributed by atoms with van der Waals surface area (Å²) in [5.41, 5.74) is 1.24. The van der Waals surface area contributed by atoms with E-state index >= 15 is 0 Å².